The number of alkyl halides is 3. The summed E-state index contributed by atoms with van der Waals surface area (Å²) in [6.07, 6.45) is 0.806. The summed E-state index contributed by atoms with van der Waals surface area (Å²) in [4.78, 5) is 31.9. The number of allylic oxidation sites excluding steroid dienone is 1. The van der Waals surface area contributed by atoms with Crippen LogP contribution in [0.1, 0.15) is 94.4 Å². The lowest BCUT2D eigenvalue weighted by atomic mass is 9.84. The topological polar surface area (TPSA) is 109 Å². The second kappa shape index (κ2) is 16.7. The number of aliphatic imine (C=N–C) groups is 1. The van der Waals surface area contributed by atoms with Gasteiger partial charge in [-0.05, 0) is 60.4 Å². The summed E-state index contributed by atoms with van der Waals surface area (Å²) in [7, 11) is 2.77. The first-order valence-electron chi connectivity index (χ1n) is 17.1. The van der Waals surface area contributed by atoms with E-state index in [4.69, 9.17) is 5.73 Å². The second-order valence-corrected chi connectivity index (χ2v) is 13.9. The number of benzene rings is 1. The number of rotatable bonds is 9. The number of aldehydes is 1. The third kappa shape index (κ3) is 9.44. The highest BCUT2D eigenvalue weighted by Gasteiger charge is 2.37. The predicted octanol–water partition coefficient (Wildman–Crippen LogP) is 8.07. The maximum absolute atomic E-state index is 15.7. The molecule has 1 unspecified atom stereocenters. The number of nitrogens with one attached hydrogen (secondary N) is 1. The van der Waals surface area contributed by atoms with Gasteiger partial charge in [-0.1, -0.05) is 54.5 Å². The Bertz CT molecular complexity index is 1700. The summed E-state index contributed by atoms with van der Waals surface area (Å²) in [5, 5.41) is 6.11. The van der Waals surface area contributed by atoms with E-state index in [0.29, 0.717) is 54.7 Å². The van der Waals surface area contributed by atoms with E-state index < -0.39 is 29.1 Å². The lowest BCUT2D eigenvalue weighted by Gasteiger charge is -2.41. The van der Waals surface area contributed by atoms with Gasteiger partial charge in [0.1, 0.15) is 23.2 Å². The molecule has 0 spiro atoms. The third-order valence-corrected chi connectivity index (χ3v) is 9.04. The number of nitrogens with zero attached hydrogens (tertiary/aromatic N) is 5. The van der Waals surface area contributed by atoms with Crippen LogP contribution in [-0.2, 0) is 24.4 Å². The van der Waals surface area contributed by atoms with Crippen LogP contribution in [0.15, 0.2) is 53.3 Å². The van der Waals surface area contributed by atoms with Gasteiger partial charge < -0.3 is 16.0 Å². The van der Waals surface area contributed by atoms with Crippen molar-refractivity contribution in [2.75, 3.05) is 25.5 Å². The van der Waals surface area contributed by atoms with E-state index >= 15 is 8.78 Å². The highest BCUT2D eigenvalue weighted by molar-refractivity contribution is 6.05. The highest BCUT2D eigenvalue weighted by atomic mass is 19.4. The van der Waals surface area contributed by atoms with Crippen LogP contribution in [0.4, 0.5) is 27.8 Å². The molecule has 14 heteroatoms. The first-order chi connectivity index (χ1) is 23.8. The fourth-order valence-electron chi connectivity index (χ4n) is 6.23. The van der Waals surface area contributed by atoms with Crippen molar-refractivity contribution >= 4 is 29.4 Å². The Morgan fingerprint density at radius 1 is 1.18 bits per heavy atom. The van der Waals surface area contributed by atoms with Crippen LogP contribution in [0.25, 0.3) is 5.57 Å². The summed E-state index contributed by atoms with van der Waals surface area (Å²) >= 11 is 0. The van der Waals surface area contributed by atoms with Crippen LogP contribution in [0.5, 0.6) is 0 Å². The highest BCUT2D eigenvalue weighted by Crippen LogP contribution is 2.41. The minimum Gasteiger partial charge on any atom is -0.382 e. The molecule has 1 aromatic heterocycles. The summed E-state index contributed by atoms with van der Waals surface area (Å²) in [5.74, 6) is -1.26. The van der Waals surface area contributed by atoms with E-state index in [1.807, 2.05) is 46.4 Å². The van der Waals surface area contributed by atoms with Gasteiger partial charge >= 0.3 is 6.18 Å². The van der Waals surface area contributed by atoms with Gasteiger partial charge in [-0.3, -0.25) is 19.2 Å². The quantitative estimate of drug-likeness (QED) is 0.154. The van der Waals surface area contributed by atoms with Crippen LogP contribution in [0.3, 0.4) is 0 Å². The van der Waals surface area contributed by atoms with Gasteiger partial charge in [0.25, 0.3) is 0 Å². The molecule has 0 radical (unpaired) electrons. The summed E-state index contributed by atoms with van der Waals surface area (Å²) in [6.45, 7) is 17.0. The number of aromatic nitrogens is 2. The molecule has 2 aliphatic heterocycles. The van der Waals surface area contributed by atoms with Crippen molar-refractivity contribution in [1.82, 2.24) is 19.6 Å². The molecular weight excluding hydrogens is 669 g/mol. The van der Waals surface area contributed by atoms with Gasteiger partial charge in [0.2, 0.25) is 11.9 Å². The van der Waals surface area contributed by atoms with Crippen molar-refractivity contribution in [3.8, 4) is 0 Å². The van der Waals surface area contributed by atoms with Gasteiger partial charge in [0.05, 0.1) is 17.5 Å². The van der Waals surface area contributed by atoms with Crippen LogP contribution in [0, 0.1) is 23.1 Å². The fourth-order valence-corrected chi connectivity index (χ4v) is 6.23. The SMILES string of the molecule is C=C([C@@H]1CCCN(C(=O)C(C)(C)C)C1)N1C(F)=CN=C(N)/C1=C(\c1cc(F)c(C=O)cc1CCC)C(C)CC.CNc1cc(C(F)(F)F)n(C)n1. The molecule has 51 heavy (non-hydrogen) atoms. The number of amidine groups is 1. The predicted molar refractivity (Wildman–Crippen MR) is 190 cm³/mol. The average molecular weight is 720 g/mol. The monoisotopic (exact) mass is 719 g/mol. The molecule has 1 amide bonds. The number of carbonyl (C=O) groups is 2. The van der Waals surface area contributed by atoms with Crippen molar-refractivity contribution in [3.63, 3.8) is 0 Å². The molecule has 4 rings (SSSR count). The Labute approximate surface area is 297 Å². The van der Waals surface area contributed by atoms with Gasteiger partial charge in [0.15, 0.2) is 6.29 Å². The number of likely N-dealkylation sites (tertiary alicyclic amines) is 1. The number of hydrogen-bond acceptors (Lipinski definition) is 7. The maximum Gasteiger partial charge on any atom is 0.433 e. The zero-order chi connectivity index (χ0) is 38.4. The molecule has 9 nitrogen and oxygen atoms in total. The molecule has 2 aromatic rings. The van der Waals surface area contributed by atoms with E-state index in [1.165, 1.54) is 25.1 Å². The molecule has 3 heterocycles. The number of nitrogens with two attached hydrogens (primary N) is 1. The van der Waals surface area contributed by atoms with Crippen LogP contribution < -0.4 is 11.1 Å². The second-order valence-electron chi connectivity index (χ2n) is 13.9. The van der Waals surface area contributed by atoms with Crippen molar-refractivity contribution in [2.24, 2.45) is 35.0 Å². The minimum atomic E-state index is -4.34. The smallest absolute Gasteiger partial charge is 0.382 e. The van der Waals surface area contributed by atoms with Crippen molar-refractivity contribution in [3.05, 3.63) is 76.5 Å². The molecule has 0 saturated carbocycles. The molecule has 0 aliphatic carbocycles. The molecule has 3 N–H and O–H groups in total. The van der Waals surface area contributed by atoms with E-state index in [2.05, 4.69) is 22.0 Å². The number of aryl methyl sites for hydroxylation is 2. The molecule has 1 fully saturated rings. The van der Waals surface area contributed by atoms with Gasteiger partial charge in [-0.25, -0.2) is 9.38 Å². The summed E-state index contributed by atoms with van der Waals surface area (Å²) < 4.78 is 67.9. The number of hydrogen-bond donors (Lipinski definition) is 2. The first-order valence-corrected chi connectivity index (χ1v) is 17.1. The maximum atomic E-state index is 15.7. The molecule has 1 aromatic carbocycles. The van der Waals surface area contributed by atoms with Gasteiger partial charge in [0, 0.05) is 50.3 Å². The van der Waals surface area contributed by atoms with Crippen molar-refractivity contribution in [1.29, 1.82) is 0 Å². The Kier molecular flexibility index (Phi) is 13.4. The van der Waals surface area contributed by atoms with E-state index in [-0.39, 0.29) is 35.0 Å². The largest absolute Gasteiger partial charge is 0.433 e. The molecular formula is C37H50F5N7O2. The van der Waals surface area contributed by atoms with Crippen molar-refractivity contribution < 1.29 is 31.5 Å². The Morgan fingerprint density at radius 2 is 1.84 bits per heavy atom. The Balaban J connectivity index is 0.000000493. The number of halogens is 5. The zero-order valence-electron chi connectivity index (χ0n) is 30.7. The number of piperidine rings is 1. The summed E-state index contributed by atoms with van der Waals surface area (Å²) in [5.41, 5.74) is 8.01. The number of carbonyl (C=O) groups excluding carboxylic acids is 2. The molecule has 2 atom stereocenters. The molecule has 0 bridgehead atoms. The Morgan fingerprint density at radius 3 is 2.35 bits per heavy atom. The molecule has 280 valence electrons. The molecule has 1 saturated heterocycles. The number of amides is 1. The van der Waals surface area contributed by atoms with Crippen LogP contribution in [-0.4, -0.2) is 57.7 Å². The van der Waals surface area contributed by atoms with Gasteiger partial charge in [-0.15, -0.1) is 0 Å². The normalized spacial score (nSPS) is 18.3. The third-order valence-electron chi connectivity index (χ3n) is 9.04. The Hall–Kier alpha value is -4.49. The lowest BCUT2D eigenvalue weighted by Crippen LogP contribution is -2.47. The van der Waals surface area contributed by atoms with E-state index in [0.717, 1.165) is 41.8 Å². The average Bonchev–Trinajstić information content (AvgIpc) is 3.48. The molecule has 2 aliphatic rings. The minimum absolute atomic E-state index is 0.0147. The van der Waals surface area contributed by atoms with Gasteiger partial charge in [-0.2, -0.15) is 22.7 Å². The van der Waals surface area contributed by atoms with E-state index in [9.17, 15) is 22.8 Å². The number of anilines is 1. The van der Waals surface area contributed by atoms with Crippen LogP contribution in [0.2, 0.25) is 0 Å². The van der Waals surface area contributed by atoms with Crippen molar-refractivity contribution in [2.45, 2.75) is 79.8 Å². The van der Waals surface area contributed by atoms with E-state index in [1.54, 1.807) is 6.07 Å². The zero-order valence-corrected chi connectivity index (χ0v) is 30.7. The van der Waals surface area contributed by atoms with Crippen LogP contribution >= 0.6 is 0 Å². The standard InChI is InChI=1S/C31H42F2N4O2.C6H8F3N3/c1-8-11-21-14-23(18-38)25(32)15-24(21)27(19(3)9-2)28-29(34)35-16-26(33)37(28)20(4)22-12-10-13-36(17-22)30(39)31(5,6)7;1-10-5-3-4(6(7,8)9)12(2)11-5/h14-16,18-19,22H,4,8-13,17H2,1-3,5-7H3,(H2,34,35);3H,1-2H3,(H,10,11)/b28-27+;/t19?,22-;/m1./s1. The summed E-state index contributed by atoms with van der Waals surface area (Å²) in [6, 6.07) is 3.89. The fraction of sp³-hybridized carbons (Fsp3) is 0.514. The lowest BCUT2D eigenvalue weighted by molar-refractivity contribution is -0.143. The first kappa shape index (κ1) is 40.9.